The van der Waals surface area contributed by atoms with Gasteiger partial charge in [-0.3, -0.25) is 0 Å². The highest BCUT2D eigenvalue weighted by atomic mass is 19.4. The van der Waals surface area contributed by atoms with Gasteiger partial charge < -0.3 is 15.2 Å². The third kappa shape index (κ3) is 2.34. The van der Waals surface area contributed by atoms with Gasteiger partial charge in [0.15, 0.2) is 0 Å². The van der Waals surface area contributed by atoms with Gasteiger partial charge in [-0.25, -0.2) is 4.79 Å². The maximum absolute atomic E-state index is 12.6. The molecule has 1 saturated carbocycles. The molecule has 0 bridgehead atoms. The van der Waals surface area contributed by atoms with Crippen LogP contribution in [0.5, 0.6) is 0 Å². The molecule has 2 fully saturated rings. The number of nitrogens with one attached hydrogen (secondary N) is 1. The second-order valence-corrected chi connectivity index (χ2v) is 4.69. The van der Waals surface area contributed by atoms with Gasteiger partial charge in [0, 0.05) is 6.04 Å². The largest absolute Gasteiger partial charge is 0.465 e. The van der Waals surface area contributed by atoms with Crippen LogP contribution in [0.2, 0.25) is 0 Å². The summed E-state index contributed by atoms with van der Waals surface area (Å²) in [4.78, 5) is 10.4. The number of alkyl halides is 3. The Hall–Kier alpha value is -0.980. The van der Waals surface area contributed by atoms with Crippen molar-refractivity contribution in [1.82, 2.24) is 5.32 Å². The maximum atomic E-state index is 12.6. The average molecular weight is 253 g/mol. The predicted octanol–water partition coefficient (Wildman–Crippen LogP) is 2.14. The standard InChI is InChI=1S/C10H14F3NO3/c11-10(12,13)7-5-17-9(7)3-1-6(2-4-9)14-8(15)16/h6-7,14H,1-5H2,(H,15,16). The lowest BCUT2D eigenvalue weighted by Gasteiger charge is -2.53. The third-order valence-corrected chi connectivity index (χ3v) is 3.73. The van der Waals surface area contributed by atoms with E-state index >= 15 is 0 Å². The van der Waals surface area contributed by atoms with Crippen LogP contribution in [0.3, 0.4) is 0 Å². The molecule has 0 aromatic carbocycles. The number of ether oxygens (including phenoxy) is 1. The molecule has 1 atom stereocenters. The Labute approximate surface area is 96.1 Å². The second-order valence-electron chi connectivity index (χ2n) is 4.69. The normalized spacial score (nSPS) is 37.6. The zero-order valence-corrected chi connectivity index (χ0v) is 9.09. The fourth-order valence-corrected chi connectivity index (χ4v) is 2.71. The Kier molecular flexibility index (Phi) is 2.97. The van der Waals surface area contributed by atoms with E-state index in [0.29, 0.717) is 12.8 Å². The zero-order valence-electron chi connectivity index (χ0n) is 9.09. The summed E-state index contributed by atoms with van der Waals surface area (Å²) in [6, 6.07) is -0.254. The minimum Gasteiger partial charge on any atom is -0.465 e. The Bertz CT molecular complexity index is 310. The van der Waals surface area contributed by atoms with Gasteiger partial charge >= 0.3 is 12.3 Å². The van der Waals surface area contributed by atoms with E-state index in [2.05, 4.69) is 5.32 Å². The van der Waals surface area contributed by atoms with Crippen LogP contribution < -0.4 is 5.32 Å². The molecule has 17 heavy (non-hydrogen) atoms. The molecule has 1 unspecified atom stereocenters. The molecule has 1 aliphatic heterocycles. The quantitative estimate of drug-likeness (QED) is 0.752. The van der Waals surface area contributed by atoms with E-state index in [-0.39, 0.29) is 25.5 Å². The molecule has 1 amide bonds. The molecule has 0 radical (unpaired) electrons. The second kappa shape index (κ2) is 4.04. The maximum Gasteiger partial charge on any atom is 0.404 e. The number of carbonyl (C=O) groups is 1. The van der Waals surface area contributed by atoms with Gasteiger partial charge in [-0.2, -0.15) is 13.2 Å². The molecule has 2 N–H and O–H groups in total. The number of amides is 1. The zero-order chi connectivity index (χ0) is 12.7. The predicted molar refractivity (Wildman–Crippen MR) is 51.6 cm³/mol. The van der Waals surface area contributed by atoms with Gasteiger partial charge in [-0.1, -0.05) is 0 Å². The van der Waals surface area contributed by atoms with Crippen molar-refractivity contribution in [3.8, 4) is 0 Å². The monoisotopic (exact) mass is 253 g/mol. The molecule has 0 aromatic rings. The van der Waals surface area contributed by atoms with E-state index in [1.165, 1.54) is 0 Å². The van der Waals surface area contributed by atoms with Crippen LogP contribution in [-0.2, 0) is 4.74 Å². The molecule has 2 rings (SSSR count). The first-order valence-electron chi connectivity index (χ1n) is 5.54. The fraction of sp³-hybridized carbons (Fsp3) is 0.900. The van der Waals surface area contributed by atoms with Crippen LogP contribution in [0.15, 0.2) is 0 Å². The summed E-state index contributed by atoms with van der Waals surface area (Å²) in [5, 5.41) is 10.8. The lowest BCUT2D eigenvalue weighted by Crippen LogP contribution is -2.62. The lowest BCUT2D eigenvalue weighted by molar-refractivity contribution is -0.326. The number of rotatable bonds is 1. The fourth-order valence-electron chi connectivity index (χ4n) is 2.71. The van der Waals surface area contributed by atoms with Crippen molar-refractivity contribution in [2.45, 2.75) is 43.5 Å². The van der Waals surface area contributed by atoms with Crippen LogP contribution in [-0.4, -0.2) is 35.6 Å². The SMILES string of the molecule is O=C(O)NC1CCC2(CC1)OCC2C(F)(F)F. The average Bonchev–Trinajstić information content (AvgIpc) is 2.13. The van der Waals surface area contributed by atoms with Crippen LogP contribution in [0, 0.1) is 5.92 Å². The van der Waals surface area contributed by atoms with Crippen LogP contribution in [0.4, 0.5) is 18.0 Å². The summed E-state index contributed by atoms with van der Waals surface area (Å²) in [5.74, 6) is -1.39. The van der Waals surface area contributed by atoms with Gasteiger partial charge in [0.25, 0.3) is 0 Å². The minimum absolute atomic E-state index is 0.254. The molecule has 98 valence electrons. The third-order valence-electron chi connectivity index (χ3n) is 3.73. The molecule has 0 aromatic heterocycles. The van der Waals surface area contributed by atoms with Crippen molar-refractivity contribution in [1.29, 1.82) is 0 Å². The first kappa shape index (κ1) is 12.5. The summed E-state index contributed by atoms with van der Waals surface area (Å²) in [5.41, 5.74) is -1.09. The van der Waals surface area contributed by atoms with Crippen molar-refractivity contribution in [3.05, 3.63) is 0 Å². The van der Waals surface area contributed by atoms with Crippen molar-refractivity contribution in [2.75, 3.05) is 6.61 Å². The van der Waals surface area contributed by atoms with Gasteiger partial charge in [-0.05, 0) is 25.7 Å². The summed E-state index contributed by atoms with van der Waals surface area (Å²) < 4.78 is 43.1. The van der Waals surface area contributed by atoms with Crippen molar-refractivity contribution in [3.63, 3.8) is 0 Å². The van der Waals surface area contributed by atoms with Gasteiger partial charge in [0.05, 0.1) is 12.2 Å². The first-order valence-corrected chi connectivity index (χ1v) is 5.54. The summed E-state index contributed by atoms with van der Waals surface area (Å²) in [6.45, 7) is -0.263. The van der Waals surface area contributed by atoms with Crippen molar-refractivity contribution in [2.24, 2.45) is 5.92 Å². The molecule has 7 heteroatoms. The van der Waals surface area contributed by atoms with Gasteiger partial charge in [0.1, 0.15) is 5.92 Å². The Balaban J connectivity index is 1.92. The number of halogens is 3. The molecule has 2 aliphatic rings. The Morgan fingerprint density at radius 2 is 1.94 bits per heavy atom. The van der Waals surface area contributed by atoms with Crippen LogP contribution in [0.1, 0.15) is 25.7 Å². The molecule has 4 nitrogen and oxygen atoms in total. The number of hydrogen-bond acceptors (Lipinski definition) is 2. The van der Waals surface area contributed by atoms with E-state index in [1.807, 2.05) is 0 Å². The van der Waals surface area contributed by atoms with E-state index < -0.39 is 23.8 Å². The summed E-state index contributed by atoms with van der Waals surface area (Å²) in [7, 11) is 0. The molecule has 1 spiro atoms. The summed E-state index contributed by atoms with van der Waals surface area (Å²) >= 11 is 0. The molecule has 1 saturated heterocycles. The van der Waals surface area contributed by atoms with Crippen LogP contribution >= 0.6 is 0 Å². The van der Waals surface area contributed by atoms with E-state index in [4.69, 9.17) is 9.84 Å². The van der Waals surface area contributed by atoms with E-state index in [9.17, 15) is 18.0 Å². The van der Waals surface area contributed by atoms with E-state index in [0.717, 1.165) is 0 Å². The number of carboxylic acid groups (broad SMARTS) is 1. The highest BCUT2D eigenvalue weighted by Gasteiger charge is 2.61. The topological polar surface area (TPSA) is 58.6 Å². The van der Waals surface area contributed by atoms with Crippen molar-refractivity contribution >= 4 is 6.09 Å². The van der Waals surface area contributed by atoms with E-state index in [1.54, 1.807) is 0 Å². The molecular formula is C10H14F3NO3. The van der Waals surface area contributed by atoms with Gasteiger partial charge in [0.2, 0.25) is 0 Å². The molecule has 1 aliphatic carbocycles. The highest BCUT2D eigenvalue weighted by Crippen LogP contribution is 2.51. The highest BCUT2D eigenvalue weighted by molar-refractivity contribution is 5.64. The molecular weight excluding hydrogens is 239 g/mol. The van der Waals surface area contributed by atoms with Crippen molar-refractivity contribution < 1.29 is 27.8 Å². The van der Waals surface area contributed by atoms with Gasteiger partial charge in [-0.15, -0.1) is 0 Å². The number of hydrogen-bond donors (Lipinski definition) is 2. The first-order chi connectivity index (χ1) is 7.83. The minimum atomic E-state index is -4.22. The summed E-state index contributed by atoms with van der Waals surface area (Å²) in [6.07, 6.45) is -4.01. The van der Waals surface area contributed by atoms with Crippen LogP contribution in [0.25, 0.3) is 0 Å². The lowest BCUT2D eigenvalue weighted by atomic mass is 9.70. The smallest absolute Gasteiger partial charge is 0.404 e. The Morgan fingerprint density at radius 1 is 1.35 bits per heavy atom. The molecule has 1 heterocycles. The Morgan fingerprint density at radius 3 is 2.29 bits per heavy atom.